The van der Waals surface area contributed by atoms with Crippen molar-refractivity contribution in [2.75, 3.05) is 18.4 Å². The molecule has 3 rings (SSSR count). The van der Waals surface area contributed by atoms with E-state index < -0.39 is 15.9 Å². The Morgan fingerprint density at radius 1 is 1.17 bits per heavy atom. The molecule has 2 aromatic rings. The van der Waals surface area contributed by atoms with Gasteiger partial charge < -0.3 is 5.32 Å². The number of benzene rings is 1. The number of carbonyl (C=O) groups is 1. The molecule has 9 heteroatoms. The maximum Gasteiger partial charge on any atom is 0.265 e. The highest BCUT2D eigenvalue weighted by atomic mass is 35.5. The van der Waals surface area contributed by atoms with Crippen LogP contribution >= 0.6 is 34.5 Å². The minimum Gasteiger partial charge on any atom is -0.320 e. The summed E-state index contributed by atoms with van der Waals surface area (Å²) in [5.74, 6) is -0.424. The predicted molar refractivity (Wildman–Crippen MR) is 96.7 cm³/mol. The summed E-state index contributed by atoms with van der Waals surface area (Å²) in [7, 11) is -3.52. The van der Waals surface area contributed by atoms with Gasteiger partial charge in [0.15, 0.2) is 0 Å². The lowest BCUT2D eigenvalue weighted by Crippen LogP contribution is -2.27. The summed E-state index contributed by atoms with van der Waals surface area (Å²) in [5, 5.41) is 4.94. The molecule has 1 fully saturated rings. The number of nitrogens with zero attached hydrogens (tertiary/aromatic N) is 1. The highest BCUT2D eigenvalue weighted by molar-refractivity contribution is 7.89. The number of sulfonamides is 1. The van der Waals surface area contributed by atoms with Gasteiger partial charge in [-0.25, -0.2) is 8.42 Å². The molecule has 1 saturated heterocycles. The Hall–Kier alpha value is -1.12. The Balaban J connectivity index is 1.80. The summed E-state index contributed by atoms with van der Waals surface area (Å²) in [5.41, 5.74) is 0.381. The van der Waals surface area contributed by atoms with Crippen molar-refractivity contribution in [1.29, 1.82) is 0 Å². The summed E-state index contributed by atoms with van der Waals surface area (Å²) >= 11 is 13.0. The molecule has 1 amide bonds. The van der Waals surface area contributed by atoms with Gasteiger partial charge in [0.25, 0.3) is 5.91 Å². The number of carbonyl (C=O) groups excluding carboxylic acids is 1. The first kappa shape index (κ1) is 17.7. The minimum atomic E-state index is -3.52. The van der Waals surface area contributed by atoms with E-state index >= 15 is 0 Å². The number of amides is 1. The van der Waals surface area contributed by atoms with Gasteiger partial charge in [-0.3, -0.25) is 4.79 Å². The SMILES string of the molecule is O=C(Nc1cc(Cl)ccc1Cl)c1cc(S(=O)(=O)N2CCCC2)cs1. The smallest absolute Gasteiger partial charge is 0.265 e. The highest BCUT2D eigenvalue weighted by Crippen LogP contribution is 2.28. The fraction of sp³-hybridized carbons (Fsp3) is 0.267. The van der Waals surface area contributed by atoms with Crippen LogP contribution in [-0.2, 0) is 10.0 Å². The molecular formula is C15H14Cl2N2O3S2. The maximum absolute atomic E-state index is 12.5. The van der Waals surface area contributed by atoms with Crippen molar-refractivity contribution in [2.24, 2.45) is 0 Å². The standard InChI is InChI=1S/C15H14Cl2N2O3S2/c16-10-3-4-12(17)13(7-10)18-15(20)14-8-11(9-23-14)24(21,22)19-5-1-2-6-19/h3-4,7-9H,1-2,5-6H2,(H,18,20). The van der Waals surface area contributed by atoms with E-state index in [4.69, 9.17) is 23.2 Å². The van der Waals surface area contributed by atoms with Crippen LogP contribution in [0.3, 0.4) is 0 Å². The van der Waals surface area contributed by atoms with Crippen molar-refractivity contribution in [2.45, 2.75) is 17.7 Å². The molecule has 0 unspecified atom stereocenters. The third kappa shape index (κ3) is 3.60. The van der Waals surface area contributed by atoms with Gasteiger partial charge in [0.1, 0.15) is 0 Å². The van der Waals surface area contributed by atoms with Crippen molar-refractivity contribution in [3.05, 3.63) is 44.6 Å². The number of hydrogen-bond donors (Lipinski definition) is 1. The first-order valence-electron chi connectivity index (χ1n) is 7.23. The van der Waals surface area contributed by atoms with Gasteiger partial charge in [-0.2, -0.15) is 4.31 Å². The molecule has 0 saturated carbocycles. The predicted octanol–water partition coefficient (Wildman–Crippen LogP) is 4.09. The average Bonchev–Trinajstić information content (AvgIpc) is 3.22. The largest absolute Gasteiger partial charge is 0.320 e. The zero-order valence-electron chi connectivity index (χ0n) is 12.5. The van der Waals surface area contributed by atoms with Gasteiger partial charge in [0, 0.05) is 23.5 Å². The quantitative estimate of drug-likeness (QED) is 0.833. The summed E-state index contributed by atoms with van der Waals surface area (Å²) in [4.78, 5) is 12.8. The third-order valence-corrected chi connectivity index (χ3v) is 7.20. The van der Waals surface area contributed by atoms with Gasteiger partial charge >= 0.3 is 0 Å². The molecule has 1 aliphatic rings. The van der Waals surface area contributed by atoms with E-state index in [-0.39, 0.29) is 4.90 Å². The molecule has 1 aromatic heterocycles. The molecular weight excluding hydrogens is 391 g/mol. The van der Waals surface area contributed by atoms with Crippen molar-refractivity contribution >= 4 is 56.2 Å². The molecule has 1 aliphatic heterocycles. The molecule has 2 heterocycles. The first-order valence-corrected chi connectivity index (χ1v) is 10.3. The second-order valence-electron chi connectivity index (χ2n) is 5.34. The molecule has 24 heavy (non-hydrogen) atoms. The number of halogens is 2. The fourth-order valence-corrected chi connectivity index (χ4v) is 5.44. The lowest BCUT2D eigenvalue weighted by Gasteiger charge is -2.13. The number of rotatable bonds is 4. The Labute approximate surface area is 154 Å². The van der Waals surface area contributed by atoms with Crippen LogP contribution in [0.15, 0.2) is 34.5 Å². The van der Waals surface area contributed by atoms with Crippen molar-refractivity contribution in [3.8, 4) is 0 Å². The van der Waals surface area contributed by atoms with E-state index in [0.717, 1.165) is 24.2 Å². The van der Waals surface area contributed by atoms with Crippen LogP contribution in [-0.4, -0.2) is 31.7 Å². The molecule has 0 aliphatic carbocycles. The zero-order valence-corrected chi connectivity index (χ0v) is 15.6. The minimum absolute atomic E-state index is 0.150. The monoisotopic (exact) mass is 404 g/mol. The zero-order chi connectivity index (χ0) is 17.3. The molecule has 5 nitrogen and oxygen atoms in total. The maximum atomic E-state index is 12.5. The average molecular weight is 405 g/mol. The van der Waals surface area contributed by atoms with Gasteiger partial charge in [-0.05, 0) is 37.1 Å². The molecule has 0 bridgehead atoms. The van der Waals surface area contributed by atoms with Gasteiger partial charge in [-0.15, -0.1) is 11.3 Å². The second-order valence-corrected chi connectivity index (χ2v) is 9.03. The Kier molecular flexibility index (Phi) is 5.17. The topological polar surface area (TPSA) is 66.5 Å². The molecule has 0 radical (unpaired) electrons. The van der Waals surface area contributed by atoms with Crippen LogP contribution < -0.4 is 5.32 Å². The first-order chi connectivity index (χ1) is 11.4. The lowest BCUT2D eigenvalue weighted by molar-refractivity contribution is 0.103. The summed E-state index contributed by atoms with van der Waals surface area (Å²) in [6.45, 7) is 1.05. The summed E-state index contributed by atoms with van der Waals surface area (Å²) in [6, 6.07) is 6.13. The molecule has 1 N–H and O–H groups in total. The van der Waals surface area contributed by atoms with E-state index in [0.29, 0.717) is 33.7 Å². The van der Waals surface area contributed by atoms with Crippen LogP contribution in [0.4, 0.5) is 5.69 Å². The summed E-state index contributed by atoms with van der Waals surface area (Å²) < 4.78 is 26.4. The molecule has 1 aromatic carbocycles. The number of thiophene rings is 1. The molecule has 128 valence electrons. The number of nitrogens with one attached hydrogen (secondary N) is 1. The van der Waals surface area contributed by atoms with Crippen LogP contribution in [0.25, 0.3) is 0 Å². The normalized spacial score (nSPS) is 15.6. The van der Waals surface area contributed by atoms with Crippen molar-refractivity contribution in [3.63, 3.8) is 0 Å². The number of hydrogen-bond acceptors (Lipinski definition) is 4. The van der Waals surface area contributed by atoms with Gasteiger partial charge in [-0.1, -0.05) is 23.2 Å². The molecule has 0 atom stereocenters. The van der Waals surface area contributed by atoms with E-state index in [2.05, 4.69) is 5.32 Å². The van der Waals surface area contributed by atoms with E-state index in [1.165, 1.54) is 21.8 Å². The van der Waals surface area contributed by atoms with E-state index in [1.807, 2.05) is 0 Å². The Morgan fingerprint density at radius 2 is 1.88 bits per heavy atom. The van der Waals surface area contributed by atoms with E-state index in [9.17, 15) is 13.2 Å². The van der Waals surface area contributed by atoms with Crippen LogP contribution in [0.2, 0.25) is 10.0 Å². The van der Waals surface area contributed by atoms with Crippen LogP contribution in [0.1, 0.15) is 22.5 Å². The van der Waals surface area contributed by atoms with Crippen molar-refractivity contribution in [1.82, 2.24) is 4.31 Å². The Bertz CT molecular complexity index is 875. The van der Waals surface area contributed by atoms with E-state index in [1.54, 1.807) is 12.1 Å². The van der Waals surface area contributed by atoms with Gasteiger partial charge in [0.05, 0.1) is 20.5 Å². The van der Waals surface area contributed by atoms with Crippen molar-refractivity contribution < 1.29 is 13.2 Å². The van der Waals surface area contributed by atoms with Gasteiger partial charge in [0.2, 0.25) is 10.0 Å². The fourth-order valence-electron chi connectivity index (χ4n) is 2.43. The van der Waals surface area contributed by atoms with Crippen LogP contribution in [0, 0.1) is 0 Å². The third-order valence-electron chi connectivity index (χ3n) is 3.68. The number of anilines is 1. The van der Waals surface area contributed by atoms with Crippen LogP contribution in [0.5, 0.6) is 0 Å². The lowest BCUT2D eigenvalue weighted by atomic mass is 10.3. The molecule has 0 spiro atoms. The summed E-state index contributed by atoms with van der Waals surface area (Å²) in [6.07, 6.45) is 1.73. The Morgan fingerprint density at radius 3 is 2.58 bits per heavy atom. The highest BCUT2D eigenvalue weighted by Gasteiger charge is 2.28. The second kappa shape index (κ2) is 7.01.